The molecular formula is C16H17F2N3O5. The molecule has 1 aliphatic heterocycles. The number of hydrogen-bond acceptors (Lipinski definition) is 5. The maximum atomic E-state index is 13.0. The first-order chi connectivity index (χ1) is 12.2. The van der Waals surface area contributed by atoms with Crippen LogP contribution in [0.5, 0.6) is 0 Å². The largest absolute Gasteiger partial charge is 0.454 e. The van der Waals surface area contributed by atoms with Crippen molar-refractivity contribution in [1.29, 1.82) is 0 Å². The molecule has 1 aliphatic rings. The van der Waals surface area contributed by atoms with Gasteiger partial charge in [-0.25, -0.2) is 13.6 Å². The lowest BCUT2D eigenvalue weighted by molar-refractivity contribution is -0.150. The molecule has 1 atom stereocenters. The molecule has 8 nitrogen and oxygen atoms in total. The van der Waals surface area contributed by atoms with E-state index < -0.39 is 54.1 Å². The van der Waals surface area contributed by atoms with Crippen LogP contribution in [0.1, 0.15) is 20.3 Å². The zero-order valence-corrected chi connectivity index (χ0v) is 14.1. The van der Waals surface area contributed by atoms with E-state index in [-0.39, 0.29) is 5.69 Å². The lowest BCUT2D eigenvalue weighted by Gasteiger charge is -2.18. The molecule has 0 aromatic heterocycles. The van der Waals surface area contributed by atoms with Gasteiger partial charge in [0, 0.05) is 11.8 Å². The highest BCUT2D eigenvalue weighted by Gasteiger charge is 2.47. The fraction of sp³-hybridized carbons (Fsp3) is 0.375. The van der Waals surface area contributed by atoms with E-state index in [1.807, 2.05) is 0 Å². The number of benzene rings is 1. The number of ether oxygens (including phenoxy) is 1. The fourth-order valence-corrected chi connectivity index (χ4v) is 2.22. The molecule has 1 aromatic rings. The summed E-state index contributed by atoms with van der Waals surface area (Å²) in [5.41, 5.74) is -1.10. The fourth-order valence-electron chi connectivity index (χ4n) is 2.22. The standard InChI is InChI=1S/C16H17F2N3O5/c1-3-16(2)14(24)21(15(25)20-16)7-13(23)26-8-12(22)19-9-4-5-10(17)11(18)6-9/h4-6H,3,7-8H2,1-2H3,(H,19,22)(H,20,25)/t16-/m1/s1. The number of nitrogens with one attached hydrogen (secondary N) is 2. The minimum Gasteiger partial charge on any atom is -0.454 e. The van der Waals surface area contributed by atoms with Crippen molar-refractivity contribution in [2.75, 3.05) is 18.5 Å². The van der Waals surface area contributed by atoms with Crippen LogP contribution < -0.4 is 10.6 Å². The normalized spacial score (nSPS) is 19.3. The average molecular weight is 369 g/mol. The van der Waals surface area contributed by atoms with Crippen LogP contribution in [-0.4, -0.2) is 47.4 Å². The number of urea groups is 1. The summed E-state index contributed by atoms with van der Waals surface area (Å²) in [4.78, 5) is 48.0. The van der Waals surface area contributed by atoms with Crippen molar-refractivity contribution in [3.63, 3.8) is 0 Å². The SMILES string of the molecule is CC[C@@]1(C)NC(=O)N(CC(=O)OCC(=O)Nc2ccc(F)c(F)c2)C1=O. The third-order valence-electron chi connectivity index (χ3n) is 3.91. The van der Waals surface area contributed by atoms with Gasteiger partial charge < -0.3 is 15.4 Å². The van der Waals surface area contributed by atoms with Gasteiger partial charge in [0.2, 0.25) is 0 Å². The number of esters is 1. The minimum atomic E-state index is -1.14. The number of rotatable bonds is 6. The smallest absolute Gasteiger partial charge is 0.326 e. The van der Waals surface area contributed by atoms with Crippen LogP contribution in [0.15, 0.2) is 18.2 Å². The Morgan fingerprint density at radius 1 is 1.27 bits per heavy atom. The Hall–Kier alpha value is -3.04. The van der Waals surface area contributed by atoms with Gasteiger partial charge in [0.05, 0.1) is 0 Å². The molecule has 1 heterocycles. The Labute approximate surface area is 147 Å². The van der Waals surface area contributed by atoms with Crippen molar-refractivity contribution in [3.8, 4) is 0 Å². The zero-order valence-electron chi connectivity index (χ0n) is 14.1. The summed E-state index contributed by atoms with van der Waals surface area (Å²) in [5, 5.41) is 4.69. The van der Waals surface area contributed by atoms with Crippen LogP contribution >= 0.6 is 0 Å². The van der Waals surface area contributed by atoms with Crippen molar-refractivity contribution in [1.82, 2.24) is 10.2 Å². The van der Waals surface area contributed by atoms with E-state index in [1.54, 1.807) is 6.92 Å². The summed E-state index contributed by atoms with van der Waals surface area (Å²) < 4.78 is 30.6. The number of hydrogen-bond donors (Lipinski definition) is 2. The first-order valence-corrected chi connectivity index (χ1v) is 7.71. The Bertz CT molecular complexity index is 770. The van der Waals surface area contributed by atoms with Crippen LogP contribution in [0.3, 0.4) is 0 Å². The molecule has 0 saturated carbocycles. The van der Waals surface area contributed by atoms with E-state index in [0.29, 0.717) is 11.3 Å². The first-order valence-electron chi connectivity index (χ1n) is 7.71. The third-order valence-corrected chi connectivity index (χ3v) is 3.91. The summed E-state index contributed by atoms with van der Waals surface area (Å²) in [6, 6.07) is 2.02. The van der Waals surface area contributed by atoms with Gasteiger partial charge in [-0.1, -0.05) is 6.92 Å². The maximum absolute atomic E-state index is 13.0. The molecule has 0 aliphatic carbocycles. The van der Waals surface area contributed by atoms with E-state index in [1.165, 1.54) is 6.92 Å². The van der Waals surface area contributed by atoms with Crippen molar-refractivity contribution in [2.45, 2.75) is 25.8 Å². The topological polar surface area (TPSA) is 105 Å². The summed E-state index contributed by atoms with van der Waals surface area (Å²) in [5.74, 6) is -4.53. The lowest BCUT2D eigenvalue weighted by atomic mass is 9.99. The van der Waals surface area contributed by atoms with Gasteiger partial charge in [0.15, 0.2) is 18.2 Å². The van der Waals surface area contributed by atoms with E-state index in [4.69, 9.17) is 4.74 Å². The molecule has 2 rings (SSSR count). The van der Waals surface area contributed by atoms with Gasteiger partial charge in [-0.15, -0.1) is 0 Å². The number of carbonyl (C=O) groups is 4. The Kier molecular flexibility index (Phi) is 5.53. The molecule has 1 fully saturated rings. The summed E-state index contributed by atoms with van der Waals surface area (Å²) in [6.07, 6.45) is 0.347. The molecule has 10 heteroatoms. The van der Waals surface area contributed by atoms with Gasteiger partial charge in [0.25, 0.3) is 11.8 Å². The predicted molar refractivity (Wildman–Crippen MR) is 84.9 cm³/mol. The van der Waals surface area contributed by atoms with E-state index in [0.717, 1.165) is 18.2 Å². The van der Waals surface area contributed by atoms with Gasteiger partial charge in [-0.2, -0.15) is 0 Å². The molecule has 0 radical (unpaired) electrons. The number of nitrogens with zero attached hydrogens (tertiary/aromatic N) is 1. The monoisotopic (exact) mass is 369 g/mol. The molecule has 0 unspecified atom stereocenters. The molecule has 2 N–H and O–H groups in total. The third kappa shape index (κ3) is 4.13. The highest BCUT2D eigenvalue weighted by Crippen LogP contribution is 2.20. The maximum Gasteiger partial charge on any atom is 0.326 e. The lowest BCUT2D eigenvalue weighted by Crippen LogP contribution is -2.43. The second-order valence-electron chi connectivity index (χ2n) is 5.84. The van der Waals surface area contributed by atoms with Crippen molar-refractivity contribution in [2.24, 2.45) is 0 Å². The van der Waals surface area contributed by atoms with Gasteiger partial charge in [-0.3, -0.25) is 19.3 Å². The van der Waals surface area contributed by atoms with Crippen LogP contribution in [0.25, 0.3) is 0 Å². The Morgan fingerprint density at radius 3 is 2.54 bits per heavy atom. The van der Waals surface area contributed by atoms with Crippen LogP contribution in [0, 0.1) is 11.6 Å². The van der Waals surface area contributed by atoms with Crippen LogP contribution in [0.2, 0.25) is 0 Å². The zero-order chi connectivity index (χ0) is 19.5. The van der Waals surface area contributed by atoms with E-state index in [2.05, 4.69) is 10.6 Å². The second kappa shape index (κ2) is 7.46. The highest BCUT2D eigenvalue weighted by molar-refractivity contribution is 6.08. The molecule has 4 amide bonds. The predicted octanol–water partition coefficient (Wildman–Crippen LogP) is 1.17. The molecule has 0 spiro atoms. The molecule has 1 aromatic carbocycles. The van der Waals surface area contributed by atoms with E-state index >= 15 is 0 Å². The van der Waals surface area contributed by atoms with Gasteiger partial charge >= 0.3 is 12.0 Å². The Balaban J connectivity index is 1.85. The highest BCUT2D eigenvalue weighted by atomic mass is 19.2. The van der Waals surface area contributed by atoms with Gasteiger partial charge in [-0.05, 0) is 25.5 Å². The summed E-state index contributed by atoms with van der Waals surface area (Å²) in [6.45, 7) is 1.89. The van der Waals surface area contributed by atoms with Crippen LogP contribution in [-0.2, 0) is 19.1 Å². The van der Waals surface area contributed by atoms with E-state index in [9.17, 15) is 28.0 Å². The number of halogens is 2. The first kappa shape index (κ1) is 19.3. The molecule has 0 bridgehead atoms. The van der Waals surface area contributed by atoms with Crippen LogP contribution in [0.4, 0.5) is 19.3 Å². The number of amides is 4. The number of anilines is 1. The van der Waals surface area contributed by atoms with Crippen molar-refractivity contribution in [3.05, 3.63) is 29.8 Å². The minimum absolute atomic E-state index is 0.0160. The number of carbonyl (C=O) groups excluding carboxylic acids is 4. The van der Waals surface area contributed by atoms with Crippen molar-refractivity contribution >= 4 is 29.5 Å². The quantitative estimate of drug-likeness (QED) is 0.579. The summed E-state index contributed by atoms with van der Waals surface area (Å²) in [7, 11) is 0. The molecule has 140 valence electrons. The Morgan fingerprint density at radius 2 is 1.96 bits per heavy atom. The van der Waals surface area contributed by atoms with Gasteiger partial charge in [0.1, 0.15) is 12.1 Å². The van der Waals surface area contributed by atoms with Crippen molar-refractivity contribution < 1.29 is 32.7 Å². The second-order valence-corrected chi connectivity index (χ2v) is 5.84. The molecule has 1 saturated heterocycles. The summed E-state index contributed by atoms with van der Waals surface area (Å²) >= 11 is 0. The molecule has 26 heavy (non-hydrogen) atoms. The average Bonchev–Trinajstić information content (AvgIpc) is 2.80. The number of imide groups is 1. The molecular weight excluding hydrogens is 352 g/mol.